The van der Waals surface area contributed by atoms with Crippen LogP contribution in [0.1, 0.15) is 52.7 Å². The Hall–Kier alpha value is -1.58. The first-order valence-corrected chi connectivity index (χ1v) is 5.54. The molecule has 1 aliphatic carbocycles. The van der Waals surface area contributed by atoms with Crippen molar-refractivity contribution >= 4 is 11.8 Å². The molecule has 1 heterocycles. The summed E-state index contributed by atoms with van der Waals surface area (Å²) in [6.45, 7) is 2.05. The van der Waals surface area contributed by atoms with Crippen molar-refractivity contribution in [3.05, 3.63) is 23.2 Å². The van der Waals surface area contributed by atoms with E-state index in [4.69, 9.17) is 9.15 Å². The van der Waals surface area contributed by atoms with Crippen LogP contribution in [-0.2, 0) is 11.2 Å². The molecule has 0 N–H and O–H groups in total. The molecule has 1 aromatic heterocycles. The Morgan fingerprint density at radius 3 is 2.94 bits per heavy atom. The van der Waals surface area contributed by atoms with Gasteiger partial charge in [-0.1, -0.05) is 0 Å². The molecule has 86 valence electrons. The summed E-state index contributed by atoms with van der Waals surface area (Å²) >= 11 is 0. The predicted molar refractivity (Wildman–Crippen MR) is 56.6 cm³/mol. The molecule has 0 saturated carbocycles. The van der Waals surface area contributed by atoms with Gasteiger partial charge in [-0.2, -0.15) is 0 Å². The lowest BCUT2D eigenvalue weighted by Crippen LogP contribution is -2.07. The largest absolute Gasteiger partial charge is 0.460 e. The van der Waals surface area contributed by atoms with Crippen LogP contribution in [0.2, 0.25) is 0 Å². The van der Waals surface area contributed by atoms with Crippen LogP contribution in [0.3, 0.4) is 0 Å². The normalized spacial score (nSPS) is 15.4. The number of carbonyl (C=O) groups is 2. The Kier molecular flexibility index (Phi) is 3.08. The van der Waals surface area contributed by atoms with E-state index in [1.807, 2.05) is 0 Å². The number of ketones is 1. The van der Waals surface area contributed by atoms with Crippen molar-refractivity contribution in [3.63, 3.8) is 0 Å². The maximum absolute atomic E-state index is 11.7. The average molecular weight is 222 g/mol. The van der Waals surface area contributed by atoms with Crippen molar-refractivity contribution in [2.75, 3.05) is 6.61 Å². The highest BCUT2D eigenvalue weighted by molar-refractivity contribution is 6.00. The van der Waals surface area contributed by atoms with Gasteiger partial charge >= 0.3 is 5.97 Å². The van der Waals surface area contributed by atoms with Crippen molar-refractivity contribution in [1.29, 1.82) is 0 Å². The molecule has 2 rings (SSSR count). The monoisotopic (exact) mass is 222 g/mol. The third-order valence-electron chi connectivity index (χ3n) is 2.74. The predicted octanol–water partition coefficient (Wildman–Crippen LogP) is 2.37. The Balaban J connectivity index is 2.35. The minimum atomic E-state index is -0.474. The highest BCUT2D eigenvalue weighted by atomic mass is 16.5. The van der Waals surface area contributed by atoms with E-state index in [1.165, 1.54) is 6.26 Å². The highest BCUT2D eigenvalue weighted by Gasteiger charge is 2.26. The maximum atomic E-state index is 11.7. The number of fused-ring (bicyclic) bond motifs is 1. The number of rotatable bonds is 2. The number of hydrogen-bond acceptors (Lipinski definition) is 4. The van der Waals surface area contributed by atoms with Gasteiger partial charge in [-0.15, -0.1) is 0 Å². The van der Waals surface area contributed by atoms with Crippen LogP contribution in [0.4, 0.5) is 0 Å². The van der Waals surface area contributed by atoms with Gasteiger partial charge in [-0.3, -0.25) is 4.79 Å². The lowest BCUT2D eigenvalue weighted by Gasteiger charge is -2.01. The maximum Gasteiger partial charge on any atom is 0.374 e. The molecular weight excluding hydrogens is 208 g/mol. The molecule has 0 amide bonds. The molecule has 0 fully saturated rings. The van der Waals surface area contributed by atoms with E-state index in [9.17, 15) is 9.59 Å². The Morgan fingerprint density at radius 1 is 1.44 bits per heavy atom. The van der Waals surface area contributed by atoms with Crippen LogP contribution in [0.25, 0.3) is 0 Å². The van der Waals surface area contributed by atoms with Crippen molar-refractivity contribution in [1.82, 2.24) is 0 Å². The van der Waals surface area contributed by atoms with E-state index < -0.39 is 5.97 Å². The second-order valence-corrected chi connectivity index (χ2v) is 3.81. The van der Waals surface area contributed by atoms with Crippen LogP contribution in [0.5, 0.6) is 0 Å². The minimum absolute atomic E-state index is 0.0619. The van der Waals surface area contributed by atoms with Crippen molar-refractivity contribution in [2.24, 2.45) is 0 Å². The summed E-state index contributed by atoms with van der Waals surface area (Å²) < 4.78 is 10.0. The van der Waals surface area contributed by atoms with E-state index in [0.717, 1.165) is 18.4 Å². The molecule has 0 radical (unpaired) electrons. The summed E-state index contributed by atoms with van der Waals surface area (Å²) in [4.78, 5) is 23.3. The van der Waals surface area contributed by atoms with Crippen molar-refractivity contribution in [2.45, 2.75) is 32.6 Å². The number of ether oxygens (including phenoxy) is 1. The topological polar surface area (TPSA) is 56.5 Å². The SMILES string of the molecule is CCOC(=O)c1occ2c1CCCCC2=O. The fourth-order valence-corrected chi connectivity index (χ4v) is 1.95. The molecule has 0 unspecified atom stereocenters. The Morgan fingerprint density at radius 2 is 2.19 bits per heavy atom. The summed E-state index contributed by atoms with van der Waals surface area (Å²) in [5.74, 6) is -0.211. The lowest BCUT2D eigenvalue weighted by atomic mass is 10.1. The van der Waals surface area contributed by atoms with Gasteiger partial charge in [-0.25, -0.2) is 4.79 Å². The van der Waals surface area contributed by atoms with Gasteiger partial charge in [0, 0.05) is 12.0 Å². The van der Waals surface area contributed by atoms with Gasteiger partial charge in [0.1, 0.15) is 6.26 Å². The first-order chi connectivity index (χ1) is 7.74. The second kappa shape index (κ2) is 4.51. The summed E-state index contributed by atoms with van der Waals surface area (Å²) in [6.07, 6.45) is 4.41. The van der Waals surface area contributed by atoms with Gasteiger partial charge in [0.05, 0.1) is 12.2 Å². The number of carbonyl (C=O) groups excluding carboxylic acids is 2. The van der Waals surface area contributed by atoms with Gasteiger partial charge in [0.25, 0.3) is 0 Å². The number of Topliss-reactive ketones (excluding diaryl/α,β-unsaturated/α-hetero) is 1. The van der Waals surface area contributed by atoms with Gasteiger partial charge < -0.3 is 9.15 Å². The first kappa shape index (κ1) is 10.9. The van der Waals surface area contributed by atoms with Crippen LogP contribution in [-0.4, -0.2) is 18.4 Å². The third-order valence-corrected chi connectivity index (χ3v) is 2.74. The summed E-state index contributed by atoms with van der Waals surface area (Å²) in [7, 11) is 0. The molecule has 4 nitrogen and oxygen atoms in total. The molecule has 0 bridgehead atoms. The average Bonchev–Trinajstić information content (AvgIpc) is 2.60. The molecule has 1 aliphatic rings. The Bertz CT molecular complexity index is 417. The summed E-state index contributed by atoms with van der Waals surface area (Å²) in [5.41, 5.74) is 1.28. The van der Waals surface area contributed by atoms with Crippen LogP contribution in [0.15, 0.2) is 10.7 Å². The lowest BCUT2D eigenvalue weighted by molar-refractivity contribution is 0.0488. The highest BCUT2D eigenvalue weighted by Crippen LogP contribution is 2.26. The third kappa shape index (κ3) is 1.87. The van der Waals surface area contributed by atoms with Gasteiger partial charge in [-0.05, 0) is 26.2 Å². The van der Waals surface area contributed by atoms with Crippen molar-refractivity contribution < 1.29 is 18.7 Å². The standard InChI is InChI=1S/C12H14O4/c1-2-15-12(14)11-8-5-3-4-6-10(13)9(8)7-16-11/h7H,2-6H2,1H3. The van der Waals surface area contributed by atoms with Crippen molar-refractivity contribution in [3.8, 4) is 0 Å². The van der Waals surface area contributed by atoms with Gasteiger partial charge in [0.2, 0.25) is 5.76 Å². The number of furan rings is 1. The van der Waals surface area contributed by atoms with E-state index in [1.54, 1.807) is 6.92 Å². The smallest absolute Gasteiger partial charge is 0.374 e. The molecule has 0 saturated heterocycles. The number of esters is 1. The molecule has 0 aromatic carbocycles. The fourth-order valence-electron chi connectivity index (χ4n) is 1.95. The second-order valence-electron chi connectivity index (χ2n) is 3.81. The quantitative estimate of drug-likeness (QED) is 0.569. The molecule has 0 aliphatic heterocycles. The molecule has 4 heteroatoms. The van der Waals surface area contributed by atoms with Crippen LogP contribution in [0, 0.1) is 0 Å². The van der Waals surface area contributed by atoms with E-state index in [-0.39, 0.29) is 11.5 Å². The van der Waals surface area contributed by atoms with Crippen LogP contribution >= 0.6 is 0 Å². The van der Waals surface area contributed by atoms with Gasteiger partial charge in [0.15, 0.2) is 5.78 Å². The first-order valence-electron chi connectivity index (χ1n) is 5.54. The molecule has 16 heavy (non-hydrogen) atoms. The van der Waals surface area contributed by atoms with E-state index in [0.29, 0.717) is 25.0 Å². The zero-order chi connectivity index (χ0) is 11.5. The fraction of sp³-hybridized carbons (Fsp3) is 0.500. The molecular formula is C12H14O4. The zero-order valence-corrected chi connectivity index (χ0v) is 9.25. The summed E-state index contributed by atoms with van der Waals surface area (Å²) in [5, 5.41) is 0. The van der Waals surface area contributed by atoms with Crippen LogP contribution < -0.4 is 0 Å². The van der Waals surface area contributed by atoms with E-state index >= 15 is 0 Å². The molecule has 0 spiro atoms. The number of hydrogen-bond donors (Lipinski definition) is 0. The minimum Gasteiger partial charge on any atom is -0.460 e. The molecule has 0 atom stereocenters. The summed E-state index contributed by atoms with van der Waals surface area (Å²) in [6, 6.07) is 0. The van der Waals surface area contributed by atoms with E-state index in [2.05, 4.69) is 0 Å². The Labute approximate surface area is 93.6 Å². The zero-order valence-electron chi connectivity index (χ0n) is 9.25. The molecule has 1 aromatic rings.